The highest BCUT2D eigenvalue weighted by atomic mass is 16.6. The van der Waals surface area contributed by atoms with Gasteiger partial charge in [-0.1, -0.05) is 31.8 Å². The summed E-state index contributed by atoms with van der Waals surface area (Å²) in [6.45, 7) is 4.34. The Labute approximate surface area is 176 Å². The van der Waals surface area contributed by atoms with Crippen LogP contribution >= 0.6 is 0 Å². The first-order chi connectivity index (χ1) is 14.0. The van der Waals surface area contributed by atoms with Crippen LogP contribution in [0, 0.1) is 41.4 Å². The maximum atomic E-state index is 12.6. The summed E-state index contributed by atoms with van der Waals surface area (Å²) in [5.41, 5.74) is 0.621. The normalized spacial score (nSPS) is 40.9. The Morgan fingerprint density at radius 1 is 1.17 bits per heavy atom. The van der Waals surface area contributed by atoms with E-state index in [0.29, 0.717) is 42.3 Å². The van der Waals surface area contributed by atoms with Gasteiger partial charge in [-0.05, 0) is 87.5 Å². The second-order valence-electron chi connectivity index (χ2n) is 9.94. The lowest BCUT2D eigenvalue weighted by Crippen LogP contribution is -2.55. The van der Waals surface area contributed by atoms with Crippen LogP contribution in [0.5, 0.6) is 0 Å². The van der Waals surface area contributed by atoms with Crippen molar-refractivity contribution in [2.75, 3.05) is 0 Å². The van der Waals surface area contributed by atoms with Crippen LogP contribution in [0.15, 0.2) is 11.6 Å². The van der Waals surface area contributed by atoms with E-state index in [1.54, 1.807) is 0 Å². The molecule has 0 bridgehead atoms. The van der Waals surface area contributed by atoms with E-state index in [4.69, 9.17) is 11.2 Å². The Balaban J connectivity index is 1.60. The van der Waals surface area contributed by atoms with Crippen molar-refractivity contribution in [3.8, 4) is 12.3 Å². The summed E-state index contributed by atoms with van der Waals surface area (Å²) >= 11 is 0. The molecule has 3 heteroatoms. The SMILES string of the molecule is C#CC1(OC(=O)CCCC)CC[C@H]2[C@@H]3CCC4=CC(=O)CC[C@@H]4[C@H]3CC[C@@]21CC. The van der Waals surface area contributed by atoms with Crippen LogP contribution in [0.3, 0.4) is 0 Å². The van der Waals surface area contributed by atoms with Gasteiger partial charge in [0.05, 0.1) is 0 Å². The van der Waals surface area contributed by atoms with E-state index in [9.17, 15) is 9.59 Å². The number of ketones is 1. The van der Waals surface area contributed by atoms with Gasteiger partial charge >= 0.3 is 5.97 Å². The fourth-order valence-corrected chi connectivity index (χ4v) is 7.68. The van der Waals surface area contributed by atoms with E-state index in [1.165, 1.54) is 5.57 Å². The maximum Gasteiger partial charge on any atom is 0.307 e. The van der Waals surface area contributed by atoms with E-state index in [1.807, 2.05) is 6.08 Å². The summed E-state index contributed by atoms with van der Waals surface area (Å²) in [5, 5.41) is 0. The van der Waals surface area contributed by atoms with Crippen molar-refractivity contribution in [2.24, 2.45) is 29.1 Å². The molecule has 0 aliphatic heterocycles. The predicted molar refractivity (Wildman–Crippen MR) is 114 cm³/mol. The van der Waals surface area contributed by atoms with E-state index < -0.39 is 5.60 Å². The fourth-order valence-electron chi connectivity index (χ4n) is 7.68. The lowest BCUT2D eigenvalue weighted by molar-refractivity contribution is -0.173. The van der Waals surface area contributed by atoms with E-state index >= 15 is 0 Å². The molecule has 0 saturated heterocycles. The van der Waals surface area contributed by atoms with Crippen LogP contribution in [0.4, 0.5) is 0 Å². The predicted octanol–water partition coefficient (Wildman–Crippen LogP) is 5.62. The molecule has 0 amide bonds. The molecule has 4 rings (SSSR count). The molecular weight excluding hydrogens is 360 g/mol. The van der Waals surface area contributed by atoms with Gasteiger partial charge in [0, 0.05) is 18.3 Å². The number of carbonyl (C=O) groups excluding carboxylic acids is 2. The van der Waals surface area contributed by atoms with Gasteiger partial charge in [0.15, 0.2) is 11.4 Å². The van der Waals surface area contributed by atoms with Crippen molar-refractivity contribution >= 4 is 11.8 Å². The minimum absolute atomic E-state index is 0.0729. The molecule has 0 radical (unpaired) electrons. The maximum absolute atomic E-state index is 12.6. The zero-order chi connectivity index (χ0) is 20.6. The number of carbonyl (C=O) groups is 2. The Morgan fingerprint density at radius 3 is 2.72 bits per heavy atom. The number of ether oxygens (including phenoxy) is 1. The van der Waals surface area contributed by atoms with Crippen LogP contribution in [0.2, 0.25) is 0 Å². The van der Waals surface area contributed by atoms with Crippen LogP contribution < -0.4 is 0 Å². The summed E-state index contributed by atoms with van der Waals surface area (Å²) in [4.78, 5) is 24.5. The van der Waals surface area contributed by atoms with Crippen molar-refractivity contribution in [2.45, 2.75) is 96.5 Å². The first-order valence-corrected chi connectivity index (χ1v) is 11.9. The highest BCUT2D eigenvalue weighted by Gasteiger charge is 2.65. The van der Waals surface area contributed by atoms with Crippen molar-refractivity contribution in [1.29, 1.82) is 0 Å². The number of fused-ring (bicyclic) bond motifs is 5. The number of esters is 1. The highest BCUT2D eigenvalue weighted by Crippen LogP contribution is 2.67. The van der Waals surface area contributed by atoms with Gasteiger partial charge in [0.1, 0.15) is 0 Å². The standard InChI is InChI=1S/C26H36O3/c1-4-7-8-24(28)29-26(6-3)16-14-23-22-11-9-18-17-19(27)10-12-20(18)21(22)13-15-25(23,26)5-2/h3,17,20-23H,4-5,7-16H2,1-2H3/t20-,21+,22+,23-,25-,26?/m0/s1. The zero-order valence-electron chi connectivity index (χ0n) is 18.2. The Morgan fingerprint density at radius 2 is 2.00 bits per heavy atom. The molecule has 3 nitrogen and oxygen atoms in total. The molecule has 0 spiro atoms. The van der Waals surface area contributed by atoms with Gasteiger partial charge in [-0.25, -0.2) is 0 Å². The molecule has 158 valence electrons. The van der Waals surface area contributed by atoms with Gasteiger partial charge < -0.3 is 4.74 Å². The second-order valence-corrected chi connectivity index (χ2v) is 9.94. The second kappa shape index (κ2) is 7.93. The van der Waals surface area contributed by atoms with Crippen molar-refractivity contribution < 1.29 is 14.3 Å². The van der Waals surface area contributed by atoms with E-state index in [2.05, 4.69) is 19.8 Å². The molecule has 4 aliphatic rings. The minimum atomic E-state index is -0.721. The molecule has 0 aromatic heterocycles. The van der Waals surface area contributed by atoms with Crippen LogP contribution in [0.1, 0.15) is 90.9 Å². The average molecular weight is 397 g/mol. The molecule has 3 saturated carbocycles. The number of rotatable bonds is 5. The molecule has 29 heavy (non-hydrogen) atoms. The molecular formula is C26H36O3. The summed E-state index contributed by atoms with van der Waals surface area (Å²) in [6, 6.07) is 0. The first kappa shape index (κ1) is 20.7. The Hall–Kier alpha value is -1.56. The summed E-state index contributed by atoms with van der Waals surface area (Å²) in [6.07, 6.45) is 19.5. The van der Waals surface area contributed by atoms with Crippen LogP contribution in [-0.2, 0) is 14.3 Å². The fraction of sp³-hybridized carbons (Fsp3) is 0.769. The Kier molecular flexibility index (Phi) is 5.66. The summed E-state index contributed by atoms with van der Waals surface area (Å²) in [7, 11) is 0. The largest absolute Gasteiger partial charge is 0.445 e. The average Bonchev–Trinajstić information content (AvgIpc) is 3.06. The van der Waals surface area contributed by atoms with Crippen LogP contribution in [0.25, 0.3) is 0 Å². The first-order valence-electron chi connectivity index (χ1n) is 11.9. The lowest BCUT2D eigenvalue weighted by Gasteiger charge is -2.56. The van der Waals surface area contributed by atoms with Crippen molar-refractivity contribution in [3.05, 3.63) is 11.6 Å². The number of allylic oxidation sites excluding steroid dienone is 1. The number of unbranched alkanes of at least 4 members (excludes halogenated alkanes) is 1. The molecule has 6 atom stereocenters. The van der Waals surface area contributed by atoms with Gasteiger partial charge in [0.25, 0.3) is 0 Å². The third kappa shape index (κ3) is 3.18. The molecule has 0 aromatic carbocycles. The number of hydrogen-bond acceptors (Lipinski definition) is 3. The highest BCUT2D eigenvalue weighted by molar-refractivity contribution is 5.91. The van der Waals surface area contributed by atoms with E-state index in [-0.39, 0.29) is 11.4 Å². The quantitative estimate of drug-likeness (QED) is 0.447. The zero-order valence-corrected chi connectivity index (χ0v) is 18.2. The smallest absolute Gasteiger partial charge is 0.307 e. The molecule has 4 aliphatic carbocycles. The molecule has 0 aromatic rings. The Bertz CT molecular complexity index is 744. The van der Waals surface area contributed by atoms with Gasteiger partial charge in [-0.2, -0.15) is 0 Å². The van der Waals surface area contributed by atoms with Crippen molar-refractivity contribution in [3.63, 3.8) is 0 Å². The third-order valence-corrected chi connectivity index (χ3v) is 9.01. The summed E-state index contributed by atoms with van der Waals surface area (Å²) < 4.78 is 6.18. The van der Waals surface area contributed by atoms with E-state index in [0.717, 1.165) is 64.2 Å². The van der Waals surface area contributed by atoms with Gasteiger partial charge in [0.2, 0.25) is 0 Å². The molecule has 0 heterocycles. The minimum Gasteiger partial charge on any atom is -0.445 e. The molecule has 0 N–H and O–H groups in total. The van der Waals surface area contributed by atoms with Crippen LogP contribution in [-0.4, -0.2) is 17.4 Å². The number of terminal acetylenes is 1. The number of hydrogen-bond donors (Lipinski definition) is 0. The molecule has 1 unspecified atom stereocenters. The summed E-state index contributed by atoms with van der Waals surface area (Å²) in [5.74, 6) is 5.71. The lowest BCUT2D eigenvalue weighted by atomic mass is 9.49. The monoisotopic (exact) mass is 396 g/mol. The van der Waals surface area contributed by atoms with Crippen molar-refractivity contribution in [1.82, 2.24) is 0 Å². The molecule has 3 fully saturated rings. The van der Waals surface area contributed by atoms with Gasteiger partial charge in [-0.15, -0.1) is 6.42 Å². The third-order valence-electron chi connectivity index (χ3n) is 9.01. The topological polar surface area (TPSA) is 43.4 Å². The van der Waals surface area contributed by atoms with Gasteiger partial charge in [-0.3, -0.25) is 9.59 Å².